The van der Waals surface area contributed by atoms with Gasteiger partial charge in [-0.25, -0.2) is 0 Å². The lowest BCUT2D eigenvalue weighted by Gasteiger charge is -2.22. The fourth-order valence-corrected chi connectivity index (χ4v) is 1.33. The quantitative estimate of drug-likeness (QED) is 0.631. The number of carbonyl (C=O) groups is 2. The molecule has 0 rings (SSSR count). The van der Waals surface area contributed by atoms with Crippen LogP contribution < -0.4 is 10.6 Å². The number of amides is 2. The molecule has 5 nitrogen and oxygen atoms in total. The van der Waals surface area contributed by atoms with Crippen molar-refractivity contribution in [2.75, 3.05) is 6.61 Å². The highest BCUT2D eigenvalue weighted by Crippen LogP contribution is 2.00. The van der Waals surface area contributed by atoms with E-state index in [-0.39, 0.29) is 24.1 Å². The third-order valence-corrected chi connectivity index (χ3v) is 1.77. The van der Waals surface area contributed by atoms with E-state index in [9.17, 15) is 9.59 Å². The molecule has 1 unspecified atom stereocenters. The minimum Gasteiger partial charge on any atom is -0.379 e. The average molecular weight is 216 g/mol. The van der Waals surface area contributed by atoms with E-state index in [2.05, 4.69) is 10.6 Å². The normalized spacial score (nSPS) is 12.3. The molecular formula is C10H20N2O3. The van der Waals surface area contributed by atoms with Crippen LogP contribution in [0.5, 0.6) is 0 Å². The summed E-state index contributed by atoms with van der Waals surface area (Å²) >= 11 is 0. The zero-order valence-corrected chi connectivity index (χ0v) is 9.79. The van der Waals surface area contributed by atoms with Gasteiger partial charge in [0.2, 0.25) is 11.8 Å². The monoisotopic (exact) mass is 216 g/mol. The standard InChI is InChI=1S/C10H20N2O3/c1-5-15-7(2)6-10(11-8(3)13)12-9(4)14/h7,10H,5-6H2,1-4H3,(H,11,13)(H,12,14). The molecular weight excluding hydrogens is 196 g/mol. The summed E-state index contributed by atoms with van der Waals surface area (Å²) in [6, 6.07) is 0. The predicted molar refractivity (Wildman–Crippen MR) is 57.1 cm³/mol. The zero-order valence-electron chi connectivity index (χ0n) is 9.79. The number of hydrogen-bond acceptors (Lipinski definition) is 3. The minimum atomic E-state index is -0.360. The smallest absolute Gasteiger partial charge is 0.218 e. The Hall–Kier alpha value is -1.10. The highest BCUT2D eigenvalue weighted by molar-refractivity contribution is 5.76. The maximum absolute atomic E-state index is 10.9. The lowest BCUT2D eigenvalue weighted by molar-refractivity contribution is -0.122. The average Bonchev–Trinajstić information content (AvgIpc) is 2.00. The first-order valence-corrected chi connectivity index (χ1v) is 5.11. The highest BCUT2D eigenvalue weighted by Gasteiger charge is 2.14. The maximum atomic E-state index is 10.9. The van der Waals surface area contributed by atoms with E-state index in [0.29, 0.717) is 13.0 Å². The van der Waals surface area contributed by atoms with Crippen LogP contribution in [0.25, 0.3) is 0 Å². The van der Waals surface area contributed by atoms with Crippen LogP contribution >= 0.6 is 0 Å². The fourth-order valence-electron chi connectivity index (χ4n) is 1.33. The van der Waals surface area contributed by atoms with E-state index in [1.807, 2.05) is 13.8 Å². The van der Waals surface area contributed by atoms with Crippen molar-refractivity contribution < 1.29 is 14.3 Å². The molecule has 0 fully saturated rings. The van der Waals surface area contributed by atoms with Gasteiger partial charge in [-0.3, -0.25) is 9.59 Å². The van der Waals surface area contributed by atoms with Crippen LogP contribution in [-0.2, 0) is 14.3 Å². The molecule has 0 aromatic carbocycles. The Morgan fingerprint density at radius 3 is 2.00 bits per heavy atom. The summed E-state index contributed by atoms with van der Waals surface area (Å²) in [6.45, 7) is 7.26. The number of carbonyl (C=O) groups excluding carboxylic acids is 2. The third kappa shape index (κ3) is 7.93. The Kier molecular flexibility index (Phi) is 6.70. The Balaban J connectivity index is 4.10. The van der Waals surface area contributed by atoms with Crippen molar-refractivity contribution in [3.8, 4) is 0 Å². The SMILES string of the molecule is CCOC(C)CC(NC(C)=O)NC(C)=O. The van der Waals surface area contributed by atoms with Crippen molar-refractivity contribution in [1.82, 2.24) is 10.6 Å². The van der Waals surface area contributed by atoms with E-state index in [1.165, 1.54) is 13.8 Å². The Bertz CT molecular complexity index is 203. The summed E-state index contributed by atoms with van der Waals surface area (Å²) in [6.07, 6.45) is 0.202. The molecule has 0 saturated heterocycles. The lowest BCUT2D eigenvalue weighted by atomic mass is 10.2. The first kappa shape index (κ1) is 13.9. The van der Waals surface area contributed by atoms with Gasteiger partial charge in [-0.1, -0.05) is 0 Å². The van der Waals surface area contributed by atoms with Gasteiger partial charge in [0.15, 0.2) is 0 Å². The van der Waals surface area contributed by atoms with Gasteiger partial charge in [-0.15, -0.1) is 0 Å². The molecule has 0 bridgehead atoms. The second-order valence-corrected chi connectivity index (χ2v) is 3.46. The van der Waals surface area contributed by atoms with Gasteiger partial charge in [0.25, 0.3) is 0 Å². The summed E-state index contributed by atoms with van der Waals surface area (Å²) < 4.78 is 5.33. The van der Waals surface area contributed by atoms with E-state index in [1.54, 1.807) is 0 Å². The van der Waals surface area contributed by atoms with Gasteiger partial charge in [-0.05, 0) is 13.8 Å². The molecule has 0 radical (unpaired) electrons. The van der Waals surface area contributed by atoms with Gasteiger partial charge >= 0.3 is 0 Å². The molecule has 15 heavy (non-hydrogen) atoms. The van der Waals surface area contributed by atoms with Crippen molar-refractivity contribution in [3.63, 3.8) is 0 Å². The second-order valence-electron chi connectivity index (χ2n) is 3.46. The number of rotatable bonds is 6. The third-order valence-electron chi connectivity index (χ3n) is 1.77. The molecule has 0 aliphatic carbocycles. The predicted octanol–water partition coefficient (Wildman–Crippen LogP) is 0.400. The van der Waals surface area contributed by atoms with E-state index in [4.69, 9.17) is 4.74 Å². The van der Waals surface area contributed by atoms with E-state index in [0.717, 1.165) is 0 Å². The van der Waals surface area contributed by atoms with Crippen LogP contribution in [0.2, 0.25) is 0 Å². The fraction of sp³-hybridized carbons (Fsp3) is 0.800. The van der Waals surface area contributed by atoms with Crippen LogP contribution in [0, 0.1) is 0 Å². The molecule has 0 spiro atoms. The molecule has 2 N–H and O–H groups in total. The van der Waals surface area contributed by atoms with E-state index >= 15 is 0 Å². The number of ether oxygens (including phenoxy) is 1. The van der Waals surface area contributed by atoms with Crippen molar-refractivity contribution in [2.45, 2.75) is 46.4 Å². The highest BCUT2D eigenvalue weighted by atomic mass is 16.5. The molecule has 88 valence electrons. The van der Waals surface area contributed by atoms with Gasteiger partial charge in [0.05, 0.1) is 6.10 Å². The van der Waals surface area contributed by atoms with Gasteiger partial charge < -0.3 is 15.4 Å². The minimum absolute atomic E-state index is 0.00120. The van der Waals surface area contributed by atoms with Gasteiger partial charge in [0, 0.05) is 26.9 Å². The molecule has 2 amide bonds. The molecule has 0 heterocycles. The Labute approximate surface area is 90.6 Å². The topological polar surface area (TPSA) is 67.4 Å². The molecule has 0 saturated carbocycles. The van der Waals surface area contributed by atoms with Crippen LogP contribution in [0.4, 0.5) is 0 Å². The molecule has 0 aromatic heterocycles. The maximum Gasteiger partial charge on any atom is 0.218 e. The van der Waals surface area contributed by atoms with Crippen LogP contribution in [-0.4, -0.2) is 30.7 Å². The van der Waals surface area contributed by atoms with E-state index < -0.39 is 0 Å². The molecule has 0 aromatic rings. The summed E-state index contributed by atoms with van der Waals surface area (Å²) in [5, 5.41) is 5.30. The molecule has 5 heteroatoms. The molecule has 0 aliphatic rings. The first-order chi connectivity index (χ1) is 6.95. The largest absolute Gasteiger partial charge is 0.379 e. The zero-order chi connectivity index (χ0) is 11.8. The summed E-state index contributed by atoms with van der Waals surface area (Å²) in [4.78, 5) is 21.7. The summed E-state index contributed by atoms with van der Waals surface area (Å²) in [5.41, 5.74) is 0. The number of hydrogen-bond donors (Lipinski definition) is 2. The number of nitrogens with one attached hydrogen (secondary N) is 2. The first-order valence-electron chi connectivity index (χ1n) is 5.11. The Morgan fingerprint density at radius 1 is 1.20 bits per heavy atom. The Morgan fingerprint density at radius 2 is 1.67 bits per heavy atom. The van der Waals surface area contributed by atoms with Crippen molar-refractivity contribution >= 4 is 11.8 Å². The van der Waals surface area contributed by atoms with Crippen LogP contribution in [0.1, 0.15) is 34.1 Å². The lowest BCUT2D eigenvalue weighted by Crippen LogP contribution is -2.48. The molecule has 1 atom stereocenters. The summed E-state index contributed by atoms with van der Waals surface area (Å²) in [5.74, 6) is -0.338. The van der Waals surface area contributed by atoms with Crippen molar-refractivity contribution in [2.24, 2.45) is 0 Å². The van der Waals surface area contributed by atoms with Crippen molar-refractivity contribution in [1.29, 1.82) is 0 Å². The summed E-state index contributed by atoms with van der Waals surface area (Å²) in [7, 11) is 0. The second kappa shape index (κ2) is 7.23. The van der Waals surface area contributed by atoms with Crippen molar-refractivity contribution in [3.05, 3.63) is 0 Å². The van der Waals surface area contributed by atoms with Crippen LogP contribution in [0.15, 0.2) is 0 Å². The molecule has 0 aliphatic heterocycles. The van der Waals surface area contributed by atoms with Gasteiger partial charge in [-0.2, -0.15) is 0 Å². The van der Waals surface area contributed by atoms with Crippen LogP contribution in [0.3, 0.4) is 0 Å². The van der Waals surface area contributed by atoms with Gasteiger partial charge in [0.1, 0.15) is 6.17 Å².